The van der Waals surface area contributed by atoms with Gasteiger partial charge in [-0.3, -0.25) is 4.79 Å². The van der Waals surface area contributed by atoms with Crippen molar-refractivity contribution >= 4 is 40.4 Å². The lowest BCUT2D eigenvalue weighted by Gasteiger charge is -2.16. The van der Waals surface area contributed by atoms with Crippen molar-refractivity contribution in [2.75, 3.05) is 5.32 Å². The van der Waals surface area contributed by atoms with E-state index in [-0.39, 0.29) is 16.8 Å². The average molecular weight is 313 g/mol. The summed E-state index contributed by atoms with van der Waals surface area (Å²) in [7, 11) is 0. The highest BCUT2D eigenvalue weighted by Crippen LogP contribution is 2.25. The Bertz CT molecular complexity index is 485. The van der Waals surface area contributed by atoms with Crippen LogP contribution in [-0.4, -0.2) is 10.9 Å². The predicted molar refractivity (Wildman–Crippen MR) is 89.3 cm³/mol. The van der Waals surface area contributed by atoms with E-state index in [1.54, 1.807) is 18.2 Å². The molecule has 3 N–H and O–H groups in total. The summed E-state index contributed by atoms with van der Waals surface area (Å²) >= 11 is 11.0. The van der Waals surface area contributed by atoms with Gasteiger partial charge in [0.25, 0.3) is 0 Å². The van der Waals surface area contributed by atoms with Crippen molar-refractivity contribution in [1.29, 1.82) is 0 Å². The van der Waals surface area contributed by atoms with Crippen molar-refractivity contribution in [3.8, 4) is 0 Å². The number of anilines is 1. The van der Waals surface area contributed by atoms with Crippen LogP contribution >= 0.6 is 23.8 Å². The number of rotatable bonds is 7. The lowest BCUT2D eigenvalue weighted by molar-refractivity contribution is -0.120. The van der Waals surface area contributed by atoms with Crippen LogP contribution in [-0.2, 0) is 4.79 Å². The first-order valence-electron chi connectivity index (χ1n) is 6.89. The molecule has 0 spiro atoms. The van der Waals surface area contributed by atoms with Crippen LogP contribution in [0.2, 0.25) is 5.02 Å². The van der Waals surface area contributed by atoms with Crippen molar-refractivity contribution in [2.45, 2.75) is 39.5 Å². The van der Waals surface area contributed by atoms with E-state index in [1.807, 2.05) is 0 Å². The highest BCUT2D eigenvalue weighted by atomic mass is 35.5. The molecule has 0 saturated heterocycles. The number of amides is 1. The molecular weight excluding hydrogens is 292 g/mol. The molecule has 0 radical (unpaired) electrons. The molecule has 0 aliphatic heterocycles. The van der Waals surface area contributed by atoms with Crippen LogP contribution < -0.4 is 11.1 Å². The Morgan fingerprint density at radius 2 is 1.95 bits per heavy atom. The zero-order valence-corrected chi connectivity index (χ0v) is 13.5. The Balaban J connectivity index is 2.87. The number of nitrogens with two attached hydrogens (primary N) is 1. The van der Waals surface area contributed by atoms with E-state index in [0.717, 1.165) is 25.7 Å². The molecule has 0 saturated carbocycles. The third kappa shape index (κ3) is 4.76. The molecule has 0 aromatic heterocycles. The maximum atomic E-state index is 12.3. The fraction of sp³-hybridized carbons (Fsp3) is 0.467. The first-order chi connectivity index (χ1) is 9.49. The van der Waals surface area contributed by atoms with Gasteiger partial charge < -0.3 is 11.1 Å². The molecule has 110 valence electrons. The predicted octanol–water partition coefficient (Wildman–Crippen LogP) is 4.13. The Kier molecular flexibility index (Phi) is 6.96. The van der Waals surface area contributed by atoms with Gasteiger partial charge in [-0.2, -0.15) is 0 Å². The van der Waals surface area contributed by atoms with Crippen LogP contribution in [0.25, 0.3) is 0 Å². The minimum atomic E-state index is 0.00990. The lowest BCUT2D eigenvalue weighted by atomic mass is 9.97. The lowest BCUT2D eigenvalue weighted by Crippen LogP contribution is -2.23. The monoisotopic (exact) mass is 312 g/mol. The number of halogens is 1. The van der Waals surface area contributed by atoms with Gasteiger partial charge in [-0.25, -0.2) is 0 Å². The Morgan fingerprint density at radius 3 is 2.45 bits per heavy atom. The molecule has 0 bridgehead atoms. The van der Waals surface area contributed by atoms with Gasteiger partial charge >= 0.3 is 0 Å². The molecule has 5 heteroatoms. The number of thiocarbonyl (C=S) groups is 1. The molecule has 0 aliphatic rings. The third-order valence-electron chi connectivity index (χ3n) is 3.15. The van der Waals surface area contributed by atoms with Gasteiger partial charge in [-0.05, 0) is 25.0 Å². The number of carbonyl (C=O) groups excluding carboxylic acids is 1. The molecule has 0 unspecified atom stereocenters. The Labute approximate surface area is 130 Å². The molecule has 0 atom stereocenters. The molecule has 1 aromatic carbocycles. The van der Waals surface area contributed by atoms with Gasteiger partial charge in [0.2, 0.25) is 5.91 Å². The number of nitrogens with one attached hydrogen (secondary N) is 1. The molecule has 0 heterocycles. The van der Waals surface area contributed by atoms with Crippen molar-refractivity contribution in [2.24, 2.45) is 11.7 Å². The quantitative estimate of drug-likeness (QED) is 0.744. The maximum Gasteiger partial charge on any atom is 0.227 e. The fourth-order valence-corrected chi connectivity index (χ4v) is 2.40. The first kappa shape index (κ1) is 16.9. The van der Waals surface area contributed by atoms with Crippen molar-refractivity contribution in [3.05, 3.63) is 28.8 Å². The topological polar surface area (TPSA) is 55.1 Å². The van der Waals surface area contributed by atoms with Crippen molar-refractivity contribution < 1.29 is 4.79 Å². The second kappa shape index (κ2) is 8.22. The molecule has 3 nitrogen and oxygen atoms in total. The molecule has 1 amide bonds. The fourth-order valence-electron chi connectivity index (χ4n) is 2.11. The third-order valence-corrected chi connectivity index (χ3v) is 3.72. The van der Waals surface area contributed by atoms with Crippen LogP contribution in [0.3, 0.4) is 0 Å². The molecular formula is C15H21ClN2OS. The maximum absolute atomic E-state index is 12.3. The Morgan fingerprint density at radius 1 is 1.35 bits per heavy atom. The summed E-state index contributed by atoms with van der Waals surface area (Å²) in [5.41, 5.74) is 6.86. The minimum absolute atomic E-state index is 0.00990. The number of hydrogen-bond acceptors (Lipinski definition) is 2. The van der Waals surface area contributed by atoms with E-state index in [1.165, 1.54) is 0 Å². The van der Waals surface area contributed by atoms with Crippen LogP contribution in [0, 0.1) is 5.92 Å². The van der Waals surface area contributed by atoms with Gasteiger partial charge in [-0.15, -0.1) is 0 Å². The normalized spacial score (nSPS) is 10.6. The summed E-state index contributed by atoms with van der Waals surface area (Å²) < 4.78 is 0. The summed E-state index contributed by atoms with van der Waals surface area (Å²) in [5.74, 6) is 0.0326. The second-order valence-corrected chi connectivity index (χ2v) is 5.67. The van der Waals surface area contributed by atoms with E-state index in [2.05, 4.69) is 19.2 Å². The zero-order chi connectivity index (χ0) is 15.1. The van der Waals surface area contributed by atoms with Crippen LogP contribution in [0.15, 0.2) is 18.2 Å². The van der Waals surface area contributed by atoms with Crippen molar-refractivity contribution in [3.63, 3.8) is 0 Å². The first-order valence-corrected chi connectivity index (χ1v) is 7.68. The van der Waals surface area contributed by atoms with Gasteiger partial charge in [-0.1, -0.05) is 56.6 Å². The number of hydrogen-bond donors (Lipinski definition) is 2. The van der Waals surface area contributed by atoms with Gasteiger partial charge in [0.1, 0.15) is 4.99 Å². The smallest absolute Gasteiger partial charge is 0.227 e. The summed E-state index contributed by atoms with van der Waals surface area (Å²) in [6, 6.07) is 5.16. The van der Waals surface area contributed by atoms with E-state index in [9.17, 15) is 4.79 Å². The molecule has 20 heavy (non-hydrogen) atoms. The van der Waals surface area contributed by atoms with Crippen LogP contribution in [0.5, 0.6) is 0 Å². The van der Waals surface area contributed by atoms with Gasteiger partial charge in [0.05, 0.1) is 10.7 Å². The van der Waals surface area contributed by atoms with E-state index in [0.29, 0.717) is 16.3 Å². The SMILES string of the molecule is CCCC(CCC)C(=O)Nc1cc(C(N)=S)ccc1Cl. The number of benzene rings is 1. The molecule has 0 fully saturated rings. The largest absolute Gasteiger partial charge is 0.389 e. The van der Waals surface area contributed by atoms with E-state index in [4.69, 9.17) is 29.6 Å². The molecule has 0 aliphatic carbocycles. The van der Waals surface area contributed by atoms with E-state index < -0.39 is 0 Å². The van der Waals surface area contributed by atoms with E-state index >= 15 is 0 Å². The molecule has 1 rings (SSSR count). The summed E-state index contributed by atoms with van der Waals surface area (Å²) in [5, 5.41) is 3.38. The number of carbonyl (C=O) groups is 1. The van der Waals surface area contributed by atoms with Crippen molar-refractivity contribution in [1.82, 2.24) is 0 Å². The summed E-state index contributed by atoms with van der Waals surface area (Å²) in [6.45, 7) is 4.16. The zero-order valence-electron chi connectivity index (χ0n) is 11.9. The highest BCUT2D eigenvalue weighted by molar-refractivity contribution is 7.80. The Hall–Kier alpha value is -1.13. The highest BCUT2D eigenvalue weighted by Gasteiger charge is 2.17. The molecule has 1 aromatic rings. The standard InChI is InChI=1S/C15H21ClN2OS/c1-3-5-10(6-4-2)15(19)18-13-9-11(14(17)20)7-8-12(13)16/h7-10H,3-6H2,1-2H3,(H2,17,20)(H,18,19). The van der Waals surface area contributed by atoms with Crippen LogP contribution in [0.4, 0.5) is 5.69 Å². The average Bonchev–Trinajstić information content (AvgIpc) is 2.40. The van der Waals surface area contributed by atoms with Crippen LogP contribution in [0.1, 0.15) is 45.1 Å². The van der Waals surface area contributed by atoms with Gasteiger partial charge in [0, 0.05) is 11.5 Å². The summed E-state index contributed by atoms with van der Waals surface area (Å²) in [4.78, 5) is 12.6. The summed E-state index contributed by atoms with van der Waals surface area (Å²) in [6.07, 6.45) is 3.73. The van der Waals surface area contributed by atoms with Gasteiger partial charge in [0.15, 0.2) is 0 Å². The minimum Gasteiger partial charge on any atom is -0.389 e. The second-order valence-electron chi connectivity index (χ2n) is 4.82.